The number of likely N-dealkylation sites (tertiary alicyclic amines) is 1. The minimum atomic E-state index is -5.08. The van der Waals surface area contributed by atoms with Crippen molar-refractivity contribution in [2.45, 2.75) is 31.2 Å². The molecule has 0 aliphatic carbocycles. The maximum absolute atomic E-state index is 12.5. The number of carbonyl (C=O) groups excluding carboxylic acids is 1. The smallest absolute Gasteiger partial charge is 0.475 e. The molecular formula is C19H19F3N2O4. The van der Waals surface area contributed by atoms with Gasteiger partial charge in [-0.2, -0.15) is 13.2 Å². The Balaban J connectivity index is 0.000000345. The Morgan fingerprint density at radius 1 is 1.11 bits per heavy atom. The first-order chi connectivity index (χ1) is 13.2. The highest BCUT2D eigenvalue weighted by molar-refractivity contribution is 5.92. The summed E-state index contributed by atoms with van der Waals surface area (Å²) in [6.45, 7) is 0.577. The first-order valence-electron chi connectivity index (χ1n) is 8.44. The fourth-order valence-electron chi connectivity index (χ4n) is 2.83. The summed E-state index contributed by atoms with van der Waals surface area (Å²) in [5, 5.41) is 17.3. The van der Waals surface area contributed by atoms with Crippen LogP contribution in [0.3, 0.4) is 0 Å². The van der Waals surface area contributed by atoms with Crippen LogP contribution in [0.1, 0.15) is 22.5 Å². The fraction of sp³-hybridized carbons (Fsp3) is 0.316. The Hall–Kier alpha value is -2.94. The summed E-state index contributed by atoms with van der Waals surface area (Å²) in [7, 11) is 0. The van der Waals surface area contributed by atoms with E-state index in [4.69, 9.17) is 9.90 Å². The third-order valence-electron chi connectivity index (χ3n) is 4.19. The monoisotopic (exact) mass is 396 g/mol. The van der Waals surface area contributed by atoms with Crippen molar-refractivity contribution in [1.82, 2.24) is 9.88 Å². The molecule has 2 N–H and O–H groups in total. The molecule has 150 valence electrons. The number of aromatic nitrogens is 1. The lowest BCUT2D eigenvalue weighted by Crippen LogP contribution is -2.41. The predicted molar refractivity (Wildman–Crippen MR) is 93.5 cm³/mol. The van der Waals surface area contributed by atoms with E-state index in [2.05, 4.69) is 4.98 Å². The summed E-state index contributed by atoms with van der Waals surface area (Å²) in [5.74, 6) is -2.86. The zero-order valence-corrected chi connectivity index (χ0v) is 14.7. The molecule has 1 aromatic carbocycles. The van der Waals surface area contributed by atoms with Crippen LogP contribution in [-0.2, 0) is 11.2 Å². The molecule has 28 heavy (non-hydrogen) atoms. The second-order valence-electron chi connectivity index (χ2n) is 6.13. The topological polar surface area (TPSA) is 90.7 Å². The van der Waals surface area contributed by atoms with Crippen LogP contribution in [0.2, 0.25) is 0 Å². The average Bonchev–Trinajstić information content (AvgIpc) is 3.03. The van der Waals surface area contributed by atoms with Crippen molar-refractivity contribution >= 4 is 11.9 Å². The minimum Gasteiger partial charge on any atom is -0.475 e. The van der Waals surface area contributed by atoms with Gasteiger partial charge in [-0.25, -0.2) is 4.79 Å². The highest BCUT2D eigenvalue weighted by atomic mass is 19.4. The van der Waals surface area contributed by atoms with Gasteiger partial charge in [-0.05, 0) is 30.5 Å². The maximum Gasteiger partial charge on any atom is 0.490 e. The molecule has 0 bridgehead atoms. The van der Waals surface area contributed by atoms with E-state index in [1.807, 2.05) is 30.3 Å². The van der Waals surface area contributed by atoms with Crippen molar-refractivity contribution in [2.75, 3.05) is 6.54 Å². The number of hydrogen-bond acceptors (Lipinski definition) is 4. The number of alkyl halides is 3. The highest BCUT2D eigenvalue weighted by Crippen LogP contribution is 2.23. The summed E-state index contributed by atoms with van der Waals surface area (Å²) in [5.41, 5.74) is 1.56. The van der Waals surface area contributed by atoms with Gasteiger partial charge in [0, 0.05) is 12.7 Å². The molecule has 0 saturated carbocycles. The summed E-state index contributed by atoms with van der Waals surface area (Å²) < 4.78 is 31.7. The molecule has 1 fully saturated rings. The van der Waals surface area contributed by atoms with Crippen molar-refractivity contribution in [3.8, 4) is 0 Å². The molecule has 2 atom stereocenters. The standard InChI is InChI=1S/C17H18N2O2.C2HF3O2/c20-16-9-11-19(17(21)14-8-4-5-10-18-14)15(16)12-13-6-2-1-3-7-13;3-2(4,5)1(6)7/h1-8,10,15-16,20H,9,11-12H2;(H,6,7)/t15-,16+;/m0./s1. The Morgan fingerprint density at radius 3 is 2.25 bits per heavy atom. The number of aliphatic carboxylic acids is 1. The Morgan fingerprint density at radius 2 is 1.71 bits per heavy atom. The van der Waals surface area contributed by atoms with E-state index in [1.165, 1.54) is 0 Å². The lowest BCUT2D eigenvalue weighted by atomic mass is 10.0. The van der Waals surface area contributed by atoms with E-state index in [9.17, 15) is 23.1 Å². The number of carboxylic acid groups (broad SMARTS) is 1. The molecule has 0 radical (unpaired) electrons. The molecule has 2 heterocycles. The predicted octanol–water partition coefficient (Wildman–Crippen LogP) is 2.53. The number of rotatable bonds is 3. The number of carbonyl (C=O) groups is 2. The van der Waals surface area contributed by atoms with Crippen molar-refractivity contribution in [3.63, 3.8) is 0 Å². The van der Waals surface area contributed by atoms with E-state index in [0.717, 1.165) is 5.56 Å². The van der Waals surface area contributed by atoms with Gasteiger partial charge in [0.1, 0.15) is 5.69 Å². The molecule has 1 aromatic heterocycles. The largest absolute Gasteiger partial charge is 0.490 e. The third-order valence-corrected chi connectivity index (χ3v) is 4.19. The fourth-order valence-corrected chi connectivity index (χ4v) is 2.83. The number of benzene rings is 1. The molecule has 9 heteroatoms. The average molecular weight is 396 g/mol. The molecule has 0 spiro atoms. The zero-order chi connectivity index (χ0) is 20.7. The molecular weight excluding hydrogens is 377 g/mol. The Bertz CT molecular complexity index is 785. The number of hydrogen-bond donors (Lipinski definition) is 2. The van der Waals surface area contributed by atoms with Crippen LogP contribution in [0.25, 0.3) is 0 Å². The van der Waals surface area contributed by atoms with E-state index >= 15 is 0 Å². The van der Waals surface area contributed by atoms with Crippen molar-refractivity contribution in [2.24, 2.45) is 0 Å². The maximum atomic E-state index is 12.5. The number of halogens is 3. The number of pyridine rings is 1. The van der Waals surface area contributed by atoms with Gasteiger partial charge in [0.15, 0.2) is 0 Å². The lowest BCUT2D eigenvalue weighted by Gasteiger charge is -2.26. The van der Waals surface area contributed by atoms with Gasteiger partial charge < -0.3 is 15.1 Å². The van der Waals surface area contributed by atoms with E-state index in [1.54, 1.807) is 29.3 Å². The SMILES string of the molecule is O=C(O)C(F)(F)F.O=C(c1ccccn1)N1CC[C@@H](O)[C@@H]1Cc1ccccc1. The molecule has 3 rings (SSSR count). The van der Waals surface area contributed by atoms with E-state index in [0.29, 0.717) is 25.1 Å². The molecule has 1 aliphatic rings. The second-order valence-corrected chi connectivity index (χ2v) is 6.13. The van der Waals surface area contributed by atoms with Gasteiger partial charge in [-0.3, -0.25) is 9.78 Å². The van der Waals surface area contributed by atoms with Gasteiger partial charge in [0.25, 0.3) is 5.91 Å². The lowest BCUT2D eigenvalue weighted by molar-refractivity contribution is -0.192. The number of amides is 1. The molecule has 1 saturated heterocycles. The van der Waals surface area contributed by atoms with Crippen LogP contribution >= 0.6 is 0 Å². The van der Waals surface area contributed by atoms with Gasteiger partial charge >= 0.3 is 12.1 Å². The summed E-state index contributed by atoms with van der Waals surface area (Å²) in [6, 6.07) is 15.1. The number of aliphatic hydroxyl groups excluding tert-OH is 1. The first kappa shape index (κ1) is 21.4. The Labute approximate surface area is 159 Å². The summed E-state index contributed by atoms with van der Waals surface area (Å²) in [6.07, 6.45) is -2.65. The van der Waals surface area contributed by atoms with Crippen LogP contribution in [0, 0.1) is 0 Å². The summed E-state index contributed by atoms with van der Waals surface area (Å²) in [4.78, 5) is 27.3. The van der Waals surface area contributed by atoms with Gasteiger partial charge in [0.2, 0.25) is 0 Å². The van der Waals surface area contributed by atoms with Crippen LogP contribution in [0.15, 0.2) is 54.7 Å². The second kappa shape index (κ2) is 9.32. The molecule has 1 aliphatic heterocycles. The first-order valence-corrected chi connectivity index (χ1v) is 8.44. The third kappa shape index (κ3) is 5.78. The van der Waals surface area contributed by atoms with Crippen molar-refractivity contribution < 1.29 is 33.0 Å². The molecule has 2 aromatic rings. The van der Waals surface area contributed by atoms with Crippen LogP contribution in [0.5, 0.6) is 0 Å². The van der Waals surface area contributed by atoms with Crippen LogP contribution in [0.4, 0.5) is 13.2 Å². The van der Waals surface area contributed by atoms with Crippen LogP contribution in [-0.4, -0.2) is 56.8 Å². The normalized spacial score (nSPS) is 18.9. The number of aliphatic hydroxyl groups is 1. The van der Waals surface area contributed by atoms with Crippen molar-refractivity contribution in [1.29, 1.82) is 0 Å². The Kier molecular flexibility index (Phi) is 7.11. The van der Waals surface area contributed by atoms with Gasteiger partial charge in [-0.1, -0.05) is 36.4 Å². The van der Waals surface area contributed by atoms with E-state index in [-0.39, 0.29) is 11.9 Å². The molecule has 0 unspecified atom stereocenters. The van der Waals surface area contributed by atoms with Crippen LogP contribution < -0.4 is 0 Å². The minimum absolute atomic E-state index is 0.104. The number of carboxylic acids is 1. The summed E-state index contributed by atoms with van der Waals surface area (Å²) >= 11 is 0. The zero-order valence-electron chi connectivity index (χ0n) is 14.7. The van der Waals surface area contributed by atoms with Crippen molar-refractivity contribution in [3.05, 3.63) is 66.0 Å². The van der Waals surface area contributed by atoms with E-state index < -0.39 is 18.2 Å². The molecule has 6 nitrogen and oxygen atoms in total. The number of nitrogens with zero attached hydrogens (tertiary/aromatic N) is 2. The van der Waals surface area contributed by atoms with Gasteiger partial charge in [-0.15, -0.1) is 0 Å². The highest BCUT2D eigenvalue weighted by Gasteiger charge is 2.38. The quantitative estimate of drug-likeness (QED) is 0.832. The van der Waals surface area contributed by atoms with Gasteiger partial charge in [0.05, 0.1) is 12.1 Å². The molecule has 1 amide bonds.